The molecule has 0 spiro atoms. The van der Waals surface area contributed by atoms with Crippen molar-refractivity contribution in [3.63, 3.8) is 0 Å². The van der Waals surface area contributed by atoms with Crippen molar-refractivity contribution in [2.45, 2.75) is 12.5 Å². The lowest BCUT2D eigenvalue weighted by atomic mass is 10.0. The lowest BCUT2D eigenvalue weighted by molar-refractivity contribution is -0.121. The Labute approximate surface area is 160 Å². The lowest BCUT2D eigenvalue weighted by Gasteiger charge is -2.27. The van der Waals surface area contributed by atoms with Crippen LogP contribution in [0.15, 0.2) is 60.7 Å². The first-order chi connectivity index (χ1) is 12.2. The van der Waals surface area contributed by atoms with Crippen molar-refractivity contribution >= 4 is 24.2 Å². The van der Waals surface area contributed by atoms with Gasteiger partial charge in [-0.05, 0) is 17.7 Å². The summed E-state index contributed by atoms with van der Waals surface area (Å²) in [7, 11) is 0. The smallest absolute Gasteiger partial charge is 0.251 e. The summed E-state index contributed by atoms with van der Waals surface area (Å²) in [6.45, 7) is 2.58. The maximum Gasteiger partial charge on any atom is 0.251 e. The average Bonchev–Trinajstić information content (AvgIpc) is 2.61. The Kier molecular flexibility index (Phi) is 7.63. The lowest BCUT2D eigenvalue weighted by Crippen LogP contribution is -2.48. The molecule has 3 rings (SSSR count). The number of carbonyl (C=O) groups is 2. The number of hydrogen-bond acceptors (Lipinski definition) is 3. The fourth-order valence-corrected chi connectivity index (χ4v) is 2.78. The quantitative estimate of drug-likeness (QED) is 0.697. The molecular formula is C20H24ClN3O2. The summed E-state index contributed by atoms with van der Waals surface area (Å²) >= 11 is 0. The standard InChI is InChI=1S/C20H23N3O2.ClH/c24-19(22-14-15-12-21-13-15)11-18(16-7-3-1-4-8-16)23-20(25)17-9-5-2-6-10-17;/h1-10,15,18,21H,11-14H2,(H,22,24)(H,23,25);1H. The number of nitrogens with one attached hydrogen (secondary N) is 3. The van der Waals surface area contributed by atoms with Crippen LogP contribution in [0, 0.1) is 5.92 Å². The highest BCUT2D eigenvalue weighted by atomic mass is 35.5. The van der Waals surface area contributed by atoms with E-state index in [2.05, 4.69) is 16.0 Å². The summed E-state index contributed by atoms with van der Waals surface area (Å²) in [5.41, 5.74) is 1.51. The van der Waals surface area contributed by atoms with Crippen molar-refractivity contribution < 1.29 is 9.59 Å². The molecule has 0 aromatic heterocycles. The molecule has 5 nitrogen and oxygen atoms in total. The van der Waals surface area contributed by atoms with E-state index in [0.717, 1.165) is 18.7 Å². The van der Waals surface area contributed by atoms with Gasteiger partial charge in [0.25, 0.3) is 5.91 Å². The van der Waals surface area contributed by atoms with Crippen molar-refractivity contribution in [1.29, 1.82) is 0 Å². The van der Waals surface area contributed by atoms with Crippen LogP contribution in [0.3, 0.4) is 0 Å². The summed E-state index contributed by atoms with van der Waals surface area (Å²) in [5.74, 6) is 0.289. The molecule has 0 radical (unpaired) electrons. The van der Waals surface area contributed by atoms with Crippen LogP contribution >= 0.6 is 12.4 Å². The van der Waals surface area contributed by atoms with Crippen molar-refractivity contribution in [3.05, 3.63) is 71.8 Å². The van der Waals surface area contributed by atoms with E-state index >= 15 is 0 Å². The largest absolute Gasteiger partial charge is 0.356 e. The zero-order valence-corrected chi connectivity index (χ0v) is 15.3. The van der Waals surface area contributed by atoms with E-state index in [-0.39, 0.29) is 36.7 Å². The molecule has 3 N–H and O–H groups in total. The number of carbonyl (C=O) groups excluding carboxylic acids is 2. The van der Waals surface area contributed by atoms with Gasteiger partial charge in [0.05, 0.1) is 12.5 Å². The Hall–Kier alpha value is -2.37. The number of amides is 2. The molecule has 1 fully saturated rings. The summed E-state index contributed by atoms with van der Waals surface area (Å²) in [5, 5.41) is 9.14. The van der Waals surface area contributed by atoms with Crippen LogP contribution in [0.25, 0.3) is 0 Å². The second-order valence-electron chi connectivity index (χ2n) is 6.34. The van der Waals surface area contributed by atoms with Crippen molar-refractivity contribution in [1.82, 2.24) is 16.0 Å². The molecule has 0 saturated carbocycles. The second kappa shape index (κ2) is 9.94. The van der Waals surface area contributed by atoms with Crippen molar-refractivity contribution in [3.8, 4) is 0 Å². The minimum absolute atomic E-state index is 0. The molecule has 1 aliphatic heterocycles. The van der Waals surface area contributed by atoms with E-state index < -0.39 is 0 Å². The molecular weight excluding hydrogens is 350 g/mol. The Morgan fingerprint density at radius 3 is 2.19 bits per heavy atom. The van der Waals surface area contributed by atoms with Crippen LogP contribution in [0.1, 0.15) is 28.4 Å². The topological polar surface area (TPSA) is 70.2 Å². The maximum atomic E-state index is 12.5. The normalized spacial score (nSPS) is 14.5. The minimum atomic E-state index is -0.353. The first kappa shape index (κ1) is 19.9. The van der Waals surface area contributed by atoms with Gasteiger partial charge in [0, 0.05) is 31.1 Å². The number of hydrogen-bond donors (Lipinski definition) is 3. The number of benzene rings is 2. The van der Waals surface area contributed by atoms with Gasteiger partial charge in [-0.3, -0.25) is 9.59 Å². The minimum Gasteiger partial charge on any atom is -0.356 e. The van der Waals surface area contributed by atoms with Gasteiger partial charge in [-0.2, -0.15) is 0 Å². The highest BCUT2D eigenvalue weighted by molar-refractivity contribution is 5.94. The van der Waals surface area contributed by atoms with Crippen LogP contribution in [0.2, 0.25) is 0 Å². The third kappa shape index (κ3) is 5.58. The highest BCUT2D eigenvalue weighted by Gasteiger charge is 2.21. The van der Waals surface area contributed by atoms with E-state index in [4.69, 9.17) is 0 Å². The molecule has 1 atom stereocenters. The Morgan fingerprint density at radius 1 is 1.00 bits per heavy atom. The molecule has 138 valence electrons. The summed E-state index contributed by atoms with van der Waals surface area (Å²) in [6.07, 6.45) is 0.225. The van der Waals surface area contributed by atoms with E-state index in [1.807, 2.05) is 48.5 Å². The van der Waals surface area contributed by atoms with Crippen LogP contribution in [0.5, 0.6) is 0 Å². The fourth-order valence-electron chi connectivity index (χ4n) is 2.78. The summed E-state index contributed by atoms with van der Waals surface area (Å²) in [6, 6.07) is 18.3. The zero-order valence-electron chi connectivity index (χ0n) is 14.5. The molecule has 2 aromatic carbocycles. The van der Waals surface area contributed by atoms with Gasteiger partial charge in [-0.1, -0.05) is 48.5 Å². The van der Waals surface area contributed by atoms with E-state index in [9.17, 15) is 9.59 Å². The Bertz CT molecular complexity index is 706. The zero-order chi connectivity index (χ0) is 17.5. The molecule has 2 amide bonds. The maximum absolute atomic E-state index is 12.5. The predicted molar refractivity (Wildman–Crippen MR) is 104 cm³/mol. The van der Waals surface area contributed by atoms with Crippen molar-refractivity contribution in [2.24, 2.45) is 5.92 Å². The molecule has 0 aliphatic carbocycles. The monoisotopic (exact) mass is 373 g/mol. The summed E-state index contributed by atoms with van der Waals surface area (Å²) in [4.78, 5) is 24.8. The van der Waals surface area contributed by atoms with Gasteiger partial charge in [0.1, 0.15) is 0 Å². The fraction of sp³-hybridized carbons (Fsp3) is 0.300. The van der Waals surface area contributed by atoms with Gasteiger partial charge in [-0.15, -0.1) is 12.4 Å². The molecule has 2 aromatic rings. The average molecular weight is 374 g/mol. The Morgan fingerprint density at radius 2 is 1.62 bits per heavy atom. The molecule has 1 aliphatic rings. The molecule has 0 bridgehead atoms. The third-order valence-corrected chi connectivity index (χ3v) is 4.39. The first-order valence-corrected chi connectivity index (χ1v) is 8.60. The van der Waals surface area contributed by atoms with Gasteiger partial charge in [0.2, 0.25) is 5.91 Å². The molecule has 1 heterocycles. The van der Waals surface area contributed by atoms with E-state index in [1.54, 1.807) is 12.1 Å². The molecule has 1 saturated heterocycles. The van der Waals surface area contributed by atoms with E-state index in [1.165, 1.54) is 0 Å². The van der Waals surface area contributed by atoms with Crippen LogP contribution in [-0.2, 0) is 4.79 Å². The van der Waals surface area contributed by atoms with Gasteiger partial charge in [-0.25, -0.2) is 0 Å². The number of halogens is 1. The van der Waals surface area contributed by atoms with Crippen LogP contribution in [-0.4, -0.2) is 31.4 Å². The molecule has 26 heavy (non-hydrogen) atoms. The molecule has 1 unspecified atom stereocenters. The predicted octanol–water partition coefficient (Wildman–Crippen LogP) is 2.31. The summed E-state index contributed by atoms with van der Waals surface area (Å²) < 4.78 is 0. The van der Waals surface area contributed by atoms with Gasteiger partial charge in [0.15, 0.2) is 0 Å². The molecule has 6 heteroatoms. The first-order valence-electron chi connectivity index (χ1n) is 8.60. The van der Waals surface area contributed by atoms with Crippen LogP contribution in [0.4, 0.5) is 0 Å². The number of rotatable bonds is 7. The second-order valence-corrected chi connectivity index (χ2v) is 6.34. The highest BCUT2D eigenvalue weighted by Crippen LogP contribution is 2.17. The van der Waals surface area contributed by atoms with Crippen molar-refractivity contribution in [2.75, 3.05) is 19.6 Å². The third-order valence-electron chi connectivity index (χ3n) is 4.39. The SMILES string of the molecule is Cl.O=C(CC(NC(=O)c1ccccc1)c1ccccc1)NCC1CNC1. The van der Waals surface area contributed by atoms with E-state index in [0.29, 0.717) is 18.0 Å². The van der Waals surface area contributed by atoms with Gasteiger partial charge < -0.3 is 16.0 Å². The Balaban J connectivity index is 0.00000243. The van der Waals surface area contributed by atoms with Gasteiger partial charge >= 0.3 is 0 Å². The van der Waals surface area contributed by atoms with Crippen LogP contribution < -0.4 is 16.0 Å².